The maximum atomic E-state index is 13.3. The Morgan fingerprint density at radius 1 is 1.28 bits per heavy atom. The Kier molecular flexibility index (Phi) is 5.76. The molecule has 25 heavy (non-hydrogen) atoms. The van der Waals surface area contributed by atoms with E-state index in [1.54, 1.807) is 35.7 Å². The van der Waals surface area contributed by atoms with Crippen molar-refractivity contribution in [2.24, 2.45) is 0 Å². The summed E-state index contributed by atoms with van der Waals surface area (Å²) in [5.74, 6) is 0.105. The molecule has 2 aromatic carbocycles. The summed E-state index contributed by atoms with van der Waals surface area (Å²) in [5.41, 5.74) is 1.36. The fraction of sp³-hybridized carbons (Fsp3) is 0.250. The van der Waals surface area contributed by atoms with Gasteiger partial charge in [-0.05, 0) is 54.6 Å². The van der Waals surface area contributed by atoms with E-state index in [0.29, 0.717) is 23.1 Å². The summed E-state index contributed by atoms with van der Waals surface area (Å²) < 4.78 is 18.9. The number of thioether (sulfide) groups is 1. The molecule has 0 saturated heterocycles. The molecular weight excluding hydrogens is 337 g/mol. The van der Waals surface area contributed by atoms with Crippen molar-refractivity contribution in [1.29, 1.82) is 0 Å². The lowest BCUT2D eigenvalue weighted by molar-refractivity contribution is -0.120. The summed E-state index contributed by atoms with van der Waals surface area (Å²) in [5, 5.41) is 2.44. The molecule has 3 nitrogen and oxygen atoms in total. The third kappa shape index (κ3) is 4.63. The molecule has 0 saturated carbocycles. The Bertz CT molecular complexity index is 756. The van der Waals surface area contributed by atoms with E-state index < -0.39 is 0 Å². The van der Waals surface area contributed by atoms with Crippen molar-refractivity contribution < 1.29 is 13.9 Å². The summed E-state index contributed by atoms with van der Waals surface area (Å²) in [4.78, 5) is 14.5. The number of benzene rings is 2. The van der Waals surface area contributed by atoms with Gasteiger partial charge in [0, 0.05) is 17.5 Å². The lowest BCUT2D eigenvalue weighted by atomic mass is 10.2. The highest BCUT2D eigenvalue weighted by Gasteiger charge is 2.22. The van der Waals surface area contributed by atoms with Crippen LogP contribution in [0.1, 0.15) is 12.0 Å². The van der Waals surface area contributed by atoms with Crippen LogP contribution in [0, 0.1) is 12.7 Å². The van der Waals surface area contributed by atoms with E-state index in [4.69, 9.17) is 4.74 Å². The molecule has 0 N–H and O–H groups in total. The lowest BCUT2D eigenvalue weighted by Gasteiger charge is -2.25. The minimum absolute atomic E-state index is 0.0786. The summed E-state index contributed by atoms with van der Waals surface area (Å²) in [6.07, 6.45) is 3.08. The average Bonchev–Trinajstić information content (AvgIpc) is 3.14. The predicted octanol–water partition coefficient (Wildman–Crippen LogP) is 4.57. The van der Waals surface area contributed by atoms with Gasteiger partial charge >= 0.3 is 0 Å². The monoisotopic (exact) mass is 357 g/mol. The van der Waals surface area contributed by atoms with Gasteiger partial charge in [-0.2, -0.15) is 0 Å². The predicted molar refractivity (Wildman–Crippen MR) is 101 cm³/mol. The smallest absolute Gasteiger partial charge is 0.264 e. The van der Waals surface area contributed by atoms with Crippen LogP contribution in [0.5, 0.6) is 5.75 Å². The molecule has 0 radical (unpaired) electrons. The number of hydrogen-bond acceptors (Lipinski definition) is 3. The number of para-hydroxylation sites is 1. The third-order valence-corrected chi connectivity index (χ3v) is 5.09. The second-order valence-corrected chi connectivity index (χ2v) is 7.12. The Morgan fingerprint density at radius 2 is 2.08 bits per heavy atom. The van der Waals surface area contributed by atoms with Gasteiger partial charge in [0.1, 0.15) is 11.6 Å². The van der Waals surface area contributed by atoms with Gasteiger partial charge in [-0.3, -0.25) is 4.79 Å². The molecule has 1 aliphatic heterocycles. The maximum Gasteiger partial charge on any atom is 0.264 e. The van der Waals surface area contributed by atoms with E-state index in [0.717, 1.165) is 12.1 Å². The molecule has 5 heteroatoms. The molecule has 1 unspecified atom stereocenters. The van der Waals surface area contributed by atoms with Crippen LogP contribution in [-0.4, -0.2) is 24.3 Å². The largest absolute Gasteiger partial charge is 0.484 e. The molecule has 0 aromatic heterocycles. The number of hydrogen-bond donors (Lipinski definition) is 0. The normalized spacial score (nSPS) is 16.0. The van der Waals surface area contributed by atoms with Crippen molar-refractivity contribution in [2.75, 3.05) is 18.1 Å². The molecule has 1 atom stereocenters. The first-order valence-electron chi connectivity index (χ1n) is 8.18. The first-order valence-corrected chi connectivity index (χ1v) is 9.12. The van der Waals surface area contributed by atoms with E-state index in [1.165, 1.54) is 6.07 Å². The zero-order valence-electron chi connectivity index (χ0n) is 14.0. The average molecular weight is 357 g/mol. The quantitative estimate of drug-likeness (QED) is 0.759. The number of anilines is 1. The molecule has 2 aromatic rings. The van der Waals surface area contributed by atoms with Gasteiger partial charge in [-0.15, -0.1) is 11.8 Å². The number of carbonyl (C=O) groups excluding carboxylic acids is 1. The van der Waals surface area contributed by atoms with Crippen molar-refractivity contribution in [2.45, 2.75) is 18.6 Å². The van der Waals surface area contributed by atoms with E-state index in [2.05, 4.69) is 11.5 Å². The Labute approximate surface area is 151 Å². The summed E-state index contributed by atoms with van der Waals surface area (Å²) >= 11 is 1.74. The Morgan fingerprint density at radius 3 is 2.76 bits per heavy atom. The minimum atomic E-state index is -0.282. The summed E-state index contributed by atoms with van der Waals surface area (Å²) in [6.45, 7) is 2.22. The molecule has 3 rings (SSSR count). The Balaban J connectivity index is 1.68. The number of ether oxygens (including phenoxy) is 1. The van der Waals surface area contributed by atoms with Gasteiger partial charge in [0.25, 0.3) is 5.91 Å². The molecule has 1 heterocycles. The van der Waals surface area contributed by atoms with Crippen molar-refractivity contribution in [1.82, 2.24) is 0 Å². The van der Waals surface area contributed by atoms with Crippen molar-refractivity contribution in [3.8, 4) is 5.75 Å². The number of allylic oxidation sites excluding steroid dienone is 1. The number of amides is 1. The third-order valence-electron chi connectivity index (χ3n) is 4.01. The second kappa shape index (κ2) is 8.21. The highest BCUT2D eigenvalue weighted by molar-refractivity contribution is 8.03. The van der Waals surface area contributed by atoms with Crippen LogP contribution in [0.15, 0.2) is 60.0 Å². The number of halogens is 1. The zero-order chi connectivity index (χ0) is 17.6. The van der Waals surface area contributed by atoms with Crippen LogP contribution in [-0.2, 0) is 4.79 Å². The lowest BCUT2D eigenvalue weighted by Crippen LogP contribution is -2.39. The maximum absolute atomic E-state index is 13.3. The first kappa shape index (κ1) is 17.5. The van der Waals surface area contributed by atoms with Gasteiger partial charge in [0.05, 0.1) is 0 Å². The van der Waals surface area contributed by atoms with Crippen LogP contribution in [0.3, 0.4) is 0 Å². The molecule has 0 aliphatic carbocycles. The van der Waals surface area contributed by atoms with E-state index in [-0.39, 0.29) is 18.3 Å². The molecule has 130 valence electrons. The van der Waals surface area contributed by atoms with Gasteiger partial charge in [-0.1, -0.05) is 24.3 Å². The van der Waals surface area contributed by atoms with Gasteiger partial charge in [0.2, 0.25) is 0 Å². The molecule has 0 spiro atoms. The van der Waals surface area contributed by atoms with E-state index in [9.17, 15) is 9.18 Å². The first-order chi connectivity index (χ1) is 12.1. The fourth-order valence-electron chi connectivity index (χ4n) is 2.64. The SMILES string of the molecule is Cc1cc(OCC(=O)N(CC2CC=CS2)c2ccccc2)ccc1F. The topological polar surface area (TPSA) is 29.5 Å². The molecule has 1 amide bonds. The number of carbonyl (C=O) groups is 1. The van der Waals surface area contributed by atoms with Crippen LogP contribution < -0.4 is 9.64 Å². The molecule has 0 fully saturated rings. The molecular formula is C20H20FNO2S. The van der Waals surface area contributed by atoms with Gasteiger partial charge in [-0.25, -0.2) is 4.39 Å². The second-order valence-electron chi connectivity index (χ2n) is 5.91. The van der Waals surface area contributed by atoms with E-state index in [1.807, 2.05) is 30.3 Å². The number of rotatable bonds is 6. The zero-order valence-corrected chi connectivity index (χ0v) is 14.8. The molecule has 1 aliphatic rings. The standard InChI is InChI=1S/C20H20FNO2S/c1-15-12-17(9-10-19(15)21)24-14-20(23)22(13-18-8-5-11-25-18)16-6-3-2-4-7-16/h2-7,9-12,18H,8,13-14H2,1H3. The van der Waals surface area contributed by atoms with Gasteiger partial charge < -0.3 is 9.64 Å². The van der Waals surface area contributed by atoms with E-state index >= 15 is 0 Å². The van der Waals surface area contributed by atoms with Crippen molar-refractivity contribution in [3.63, 3.8) is 0 Å². The van der Waals surface area contributed by atoms with Crippen molar-refractivity contribution in [3.05, 3.63) is 71.4 Å². The van der Waals surface area contributed by atoms with Crippen LogP contribution in [0.2, 0.25) is 0 Å². The van der Waals surface area contributed by atoms with Crippen molar-refractivity contribution >= 4 is 23.4 Å². The minimum Gasteiger partial charge on any atom is -0.484 e. The fourth-order valence-corrected chi connectivity index (χ4v) is 3.54. The van der Waals surface area contributed by atoms with Gasteiger partial charge in [0.15, 0.2) is 6.61 Å². The number of aryl methyl sites for hydroxylation is 1. The van der Waals surface area contributed by atoms with Crippen LogP contribution >= 0.6 is 11.8 Å². The summed E-state index contributed by atoms with van der Waals surface area (Å²) in [7, 11) is 0. The number of nitrogens with zero attached hydrogens (tertiary/aromatic N) is 1. The highest BCUT2D eigenvalue weighted by atomic mass is 32.2. The van der Waals surface area contributed by atoms with Crippen LogP contribution in [0.4, 0.5) is 10.1 Å². The highest BCUT2D eigenvalue weighted by Crippen LogP contribution is 2.27. The molecule has 0 bridgehead atoms. The summed E-state index contributed by atoms with van der Waals surface area (Å²) in [6, 6.07) is 14.1. The van der Waals surface area contributed by atoms with Crippen LogP contribution in [0.25, 0.3) is 0 Å². The Hall–Kier alpha value is -2.27.